The summed E-state index contributed by atoms with van der Waals surface area (Å²) in [5, 5.41) is 11.2. The van der Waals surface area contributed by atoms with E-state index in [0.29, 0.717) is 0 Å². The number of H-pyrrole nitrogens is 1. The molecule has 1 aromatic carbocycles. The second-order valence-electron chi connectivity index (χ2n) is 4.50. The average molecular weight is 385 g/mol. The fourth-order valence-corrected chi connectivity index (χ4v) is 2.36. The predicted molar refractivity (Wildman–Crippen MR) is 96.2 cm³/mol. The zero-order valence-corrected chi connectivity index (χ0v) is 15.6. The van der Waals surface area contributed by atoms with E-state index in [0.717, 1.165) is 23.3 Å². The van der Waals surface area contributed by atoms with Gasteiger partial charge in [0.1, 0.15) is 33.2 Å². The Hall–Kier alpha value is -2.17. The first-order valence-corrected chi connectivity index (χ1v) is 9.13. The number of nitrogens with one attached hydrogen (secondary N) is 1. The molecule has 2 rings (SSSR count). The lowest BCUT2D eigenvalue weighted by molar-refractivity contribution is -0.109. The van der Waals surface area contributed by atoms with Crippen LogP contribution in [0.3, 0.4) is 0 Å². The highest BCUT2D eigenvalue weighted by atomic mass is 32.2. The number of ketones is 1. The largest absolute Gasteiger partial charge is 0.497 e. The Labute approximate surface area is 152 Å². The fraction of sp³-hybridized carbons (Fsp3) is 0.267. The van der Waals surface area contributed by atoms with Gasteiger partial charge in [0.15, 0.2) is 10.9 Å². The number of ether oxygens (including phenoxy) is 2. The molecule has 0 fully saturated rings. The normalized spacial score (nSPS) is 11.0. The SMILES string of the molecule is CC(=O)SCC(=O)c1cc(S(N)=O)[nH]n1.COc1cccc(OC)c1. The number of carbonyl (C=O) groups excluding carboxylic acids is 2. The molecule has 0 amide bonds. The van der Waals surface area contributed by atoms with Crippen molar-refractivity contribution in [2.24, 2.45) is 5.14 Å². The highest BCUT2D eigenvalue weighted by Crippen LogP contribution is 2.17. The van der Waals surface area contributed by atoms with Crippen molar-refractivity contribution in [3.8, 4) is 11.5 Å². The first-order valence-electron chi connectivity index (χ1n) is 6.93. The van der Waals surface area contributed by atoms with Gasteiger partial charge in [-0.3, -0.25) is 14.7 Å². The smallest absolute Gasteiger partial charge is 0.193 e. The molecule has 2 aromatic rings. The van der Waals surface area contributed by atoms with Crippen molar-refractivity contribution in [2.45, 2.75) is 11.9 Å². The Morgan fingerprint density at radius 1 is 1.24 bits per heavy atom. The van der Waals surface area contributed by atoms with Crippen LogP contribution in [-0.4, -0.2) is 45.3 Å². The molecule has 136 valence electrons. The number of benzene rings is 1. The van der Waals surface area contributed by atoms with E-state index < -0.39 is 11.0 Å². The molecule has 0 spiro atoms. The summed E-state index contributed by atoms with van der Waals surface area (Å²) in [4.78, 5) is 22.0. The molecule has 3 N–H and O–H groups in total. The van der Waals surface area contributed by atoms with Crippen molar-refractivity contribution in [2.75, 3.05) is 20.0 Å². The molecule has 1 atom stereocenters. The standard InChI is InChI=1S/C8H10O2.C7H9N3O3S2/c1-9-7-4-3-5-8(6-7)10-2;1-4(11)14-3-6(12)5-2-7(10-9-5)15(8)13/h3-6H,1-2H3;2H,3,8H2,1H3,(H,9,10). The molecular weight excluding hydrogens is 366 g/mol. The van der Waals surface area contributed by atoms with Crippen LogP contribution in [0.5, 0.6) is 11.5 Å². The van der Waals surface area contributed by atoms with E-state index in [-0.39, 0.29) is 27.4 Å². The maximum Gasteiger partial charge on any atom is 0.193 e. The second-order valence-corrected chi connectivity index (χ2v) is 6.69. The van der Waals surface area contributed by atoms with Crippen LogP contribution in [0.4, 0.5) is 0 Å². The molecule has 0 aliphatic rings. The van der Waals surface area contributed by atoms with E-state index in [9.17, 15) is 13.8 Å². The van der Waals surface area contributed by atoms with Crippen molar-refractivity contribution < 1.29 is 23.3 Å². The number of nitrogens with two attached hydrogens (primary N) is 1. The summed E-state index contributed by atoms with van der Waals surface area (Å²) >= 11 is 0.902. The molecule has 0 radical (unpaired) electrons. The fourth-order valence-electron chi connectivity index (χ4n) is 1.52. The van der Waals surface area contributed by atoms with E-state index in [2.05, 4.69) is 10.2 Å². The summed E-state index contributed by atoms with van der Waals surface area (Å²) in [5.41, 5.74) is 0.137. The minimum Gasteiger partial charge on any atom is -0.497 e. The molecule has 0 aliphatic heterocycles. The number of aromatic nitrogens is 2. The third-order valence-corrected chi connectivity index (χ3v) is 4.20. The molecule has 0 saturated carbocycles. The Kier molecular flexibility index (Phi) is 8.89. The van der Waals surface area contributed by atoms with Crippen LogP contribution in [0.15, 0.2) is 35.4 Å². The highest BCUT2D eigenvalue weighted by molar-refractivity contribution is 8.14. The number of hydrogen-bond donors (Lipinski definition) is 2. The predicted octanol–water partition coefficient (Wildman–Crippen LogP) is 1.56. The second kappa shape index (κ2) is 10.6. The summed E-state index contributed by atoms with van der Waals surface area (Å²) in [6.07, 6.45) is 0. The summed E-state index contributed by atoms with van der Waals surface area (Å²) in [5.74, 6) is 1.36. The molecule has 0 bridgehead atoms. The highest BCUT2D eigenvalue weighted by Gasteiger charge is 2.13. The zero-order chi connectivity index (χ0) is 18.8. The average Bonchev–Trinajstić information content (AvgIpc) is 3.10. The Bertz CT molecular complexity index is 729. The van der Waals surface area contributed by atoms with Gasteiger partial charge in [-0.1, -0.05) is 17.8 Å². The van der Waals surface area contributed by atoms with Crippen molar-refractivity contribution >= 4 is 33.6 Å². The molecule has 10 heteroatoms. The lowest BCUT2D eigenvalue weighted by atomic mass is 10.3. The molecule has 0 saturated heterocycles. The van der Waals surface area contributed by atoms with E-state index in [1.54, 1.807) is 14.2 Å². The first-order chi connectivity index (χ1) is 11.9. The molecule has 1 heterocycles. The van der Waals surface area contributed by atoms with Gasteiger partial charge in [-0.05, 0) is 12.1 Å². The van der Waals surface area contributed by atoms with Crippen LogP contribution in [-0.2, 0) is 15.8 Å². The lowest BCUT2D eigenvalue weighted by Crippen LogP contribution is -2.04. The Morgan fingerprint density at radius 2 is 1.84 bits per heavy atom. The van der Waals surface area contributed by atoms with Gasteiger partial charge >= 0.3 is 0 Å². The van der Waals surface area contributed by atoms with Gasteiger partial charge in [0.25, 0.3) is 0 Å². The number of rotatable bonds is 6. The van der Waals surface area contributed by atoms with Crippen LogP contribution < -0.4 is 14.6 Å². The number of methoxy groups -OCH3 is 2. The van der Waals surface area contributed by atoms with Gasteiger partial charge in [-0.15, -0.1) is 0 Å². The zero-order valence-electron chi connectivity index (χ0n) is 14.0. The number of thioether (sulfide) groups is 1. The molecule has 1 unspecified atom stereocenters. The van der Waals surface area contributed by atoms with Crippen LogP contribution >= 0.6 is 11.8 Å². The first kappa shape index (κ1) is 20.9. The summed E-state index contributed by atoms with van der Waals surface area (Å²) < 4.78 is 20.7. The van der Waals surface area contributed by atoms with Crippen molar-refractivity contribution in [3.63, 3.8) is 0 Å². The molecule has 8 nitrogen and oxygen atoms in total. The number of Topliss-reactive ketones (excluding diaryl/α,β-unsaturated/α-hetero) is 1. The van der Waals surface area contributed by atoms with Gasteiger partial charge in [-0.2, -0.15) is 5.10 Å². The van der Waals surface area contributed by atoms with Gasteiger partial charge < -0.3 is 9.47 Å². The molecule has 1 aromatic heterocycles. The van der Waals surface area contributed by atoms with Crippen molar-refractivity contribution in [1.82, 2.24) is 10.2 Å². The maximum atomic E-state index is 11.4. The number of nitrogens with zero attached hydrogens (tertiary/aromatic N) is 1. The number of carbonyl (C=O) groups is 2. The van der Waals surface area contributed by atoms with Crippen molar-refractivity contribution in [3.05, 3.63) is 36.0 Å². The van der Waals surface area contributed by atoms with Gasteiger partial charge in [0, 0.05) is 19.1 Å². The van der Waals surface area contributed by atoms with Crippen molar-refractivity contribution in [1.29, 1.82) is 0 Å². The quantitative estimate of drug-likeness (QED) is 0.723. The maximum absolute atomic E-state index is 11.4. The van der Waals surface area contributed by atoms with Crippen LogP contribution in [0.2, 0.25) is 0 Å². The lowest BCUT2D eigenvalue weighted by Gasteiger charge is -2.01. The monoisotopic (exact) mass is 385 g/mol. The third-order valence-electron chi connectivity index (χ3n) is 2.74. The third kappa shape index (κ3) is 7.50. The topological polar surface area (TPSA) is 124 Å². The van der Waals surface area contributed by atoms with Gasteiger partial charge in [0.05, 0.1) is 20.0 Å². The Morgan fingerprint density at radius 3 is 2.28 bits per heavy atom. The Balaban J connectivity index is 0.000000271. The van der Waals surface area contributed by atoms with E-state index in [4.69, 9.17) is 14.6 Å². The molecule has 25 heavy (non-hydrogen) atoms. The van der Waals surface area contributed by atoms with Crippen LogP contribution in [0.25, 0.3) is 0 Å². The van der Waals surface area contributed by atoms with Crippen LogP contribution in [0.1, 0.15) is 17.4 Å². The summed E-state index contributed by atoms with van der Waals surface area (Å²) in [6.45, 7) is 1.38. The molecule has 0 aliphatic carbocycles. The van der Waals surface area contributed by atoms with Crippen LogP contribution in [0, 0.1) is 0 Å². The van der Waals surface area contributed by atoms with Gasteiger partial charge in [-0.25, -0.2) is 9.35 Å². The van der Waals surface area contributed by atoms with Gasteiger partial charge in [0.2, 0.25) is 0 Å². The minimum absolute atomic E-state index is 0.0246. The van der Waals surface area contributed by atoms with E-state index in [1.807, 2.05) is 24.3 Å². The summed E-state index contributed by atoms with van der Waals surface area (Å²) in [7, 11) is 1.59. The summed E-state index contributed by atoms with van der Waals surface area (Å²) in [6, 6.07) is 8.79. The number of hydrogen-bond acceptors (Lipinski definition) is 7. The van der Waals surface area contributed by atoms with E-state index in [1.165, 1.54) is 13.0 Å². The number of aromatic amines is 1. The minimum atomic E-state index is -1.68. The van der Waals surface area contributed by atoms with E-state index >= 15 is 0 Å². The molecular formula is C15H19N3O5S2.